The van der Waals surface area contributed by atoms with Gasteiger partial charge in [-0.1, -0.05) is 11.8 Å². The molecule has 0 fully saturated rings. The summed E-state index contributed by atoms with van der Waals surface area (Å²) in [5.41, 5.74) is 0. The molecule has 0 atom stereocenters. The van der Waals surface area contributed by atoms with Gasteiger partial charge in [0.25, 0.3) is 5.91 Å². The van der Waals surface area contributed by atoms with Gasteiger partial charge in [-0.25, -0.2) is 4.79 Å². The molecule has 7 heteroatoms. The Balaban J connectivity index is 3.88. The summed E-state index contributed by atoms with van der Waals surface area (Å²) in [6.45, 7) is 1.33. The zero-order chi connectivity index (χ0) is 12.6. The van der Waals surface area contributed by atoms with Crippen molar-refractivity contribution in [1.82, 2.24) is 5.06 Å². The molecule has 0 saturated carbocycles. The second kappa shape index (κ2) is 7.86. The van der Waals surface area contributed by atoms with Crippen LogP contribution in [0.3, 0.4) is 0 Å². The van der Waals surface area contributed by atoms with Gasteiger partial charge in [0, 0.05) is 26.8 Å². The molecule has 0 aliphatic carbocycles. The van der Waals surface area contributed by atoms with Crippen molar-refractivity contribution < 1.29 is 24.0 Å². The van der Waals surface area contributed by atoms with E-state index in [0.717, 1.165) is 16.8 Å². The van der Waals surface area contributed by atoms with Crippen LogP contribution in [0.4, 0.5) is 0 Å². The zero-order valence-corrected chi connectivity index (χ0v) is 9.91. The highest BCUT2D eigenvalue weighted by molar-refractivity contribution is 8.14. The third-order valence-corrected chi connectivity index (χ3v) is 2.25. The van der Waals surface area contributed by atoms with E-state index < -0.39 is 11.9 Å². The van der Waals surface area contributed by atoms with E-state index in [0.29, 0.717) is 6.29 Å². The standard InChI is InChI=1S/C9H13NO5S/c1-7(12)16-6-9(14)15-10(2)8(13)4-3-5-11/h5H,3-4,6H2,1-2H3. The summed E-state index contributed by atoms with van der Waals surface area (Å²) in [5, 5.41) is 0.568. The molecule has 0 aromatic carbocycles. The molecule has 0 heterocycles. The second-order valence-corrected chi connectivity index (χ2v) is 3.99. The summed E-state index contributed by atoms with van der Waals surface area (Å²) in [6.07, 6.45) is 0.690. The number of carbonyl (C=O) groups is 4. The van der Waals surface area contributed by atoms with Crippen molar-refractivity contribution in [3.8, 4) is 0 Å². The predicted molar refractivity (Wildman–Crippen MR) is 57.3 cm³/mol. The topological polar surface area (TPSA) is 80.8 Å². The average molecular weight is 247 g/mol. The van der Waals surface area contributed by atoms with E-state index in [9.17, 15) is 19.2 Å². The van der Waals surface area contributed by atoms with Gasteiger partial charge in [-0.3, -0.25) is 9.59 Å². The van der Waals surface area contributed by atoms with Crippen LogP contribution in [0.5, 0.6) is 0 Å². The minimum atomic E-state index is -0.679. The van der Waals surface area contributed by atoms with Gasteiger partial charge in [0.15, 0.2) is 5.12 Å². The molecular weight excluding hydrogens is 234 g/mol. The third kappa shape index (κ3) is 6.99. The van der Waals surface area contributed by atoms with Crippen molar-refractivity contribution >= 4 is 35.0 Å². The number of carbonyl (C=O) groups excluding carboxylic acids is 4. The Morgan fingerprint density at radius 2 is 2.00 bits per heavy atom. The first-order chi connectivity index (χ1) is 7.47. The number of thioether (sulfide) groups is 1. The lowest BCUT2D eigenvalue weighted by molar-refractivity contribution is -0.190. The van der Waals surface area contributed by atoms with Gasteiger partial charge in [0.2, 0.25) is 0 Å². The van der Waals surface area contributed by atoms with Gasteiger partial charge in [0.1, 0.15) is 12.0 Å². The summed E-state index contributed by atoms with van der Waals surface area (Å²) >= 11 is 0.803. The maximum Gasteiger partial charge on any atom is 0.342 e. The molecule has 0 unspecified atom stereocenters. The summed E-state index contributed by atoms with van der Waals surface area (Å²) < 4.78 is 0. The van der Waals surface area contributed by atoms with Crippen molar-refractivity contribution in [2.75, 3.05) is 12.8 Å². The fraction of sp³-hybridized carbons (Fsp3) is 0.556. The lowest BCUT2D eigenvalue weighted by Gasteiger charge is -2.15. The fourth-order valence-corrected chi connectivity index (χ4v) is 1.10. The van der Waals surface area contributed by atoms with Crippen LogP contribution in [-0.4, -0.2) is 41.1 Å². The van der Waals surface area contributed by atoms with Gasteiger partial charge < -0.3 is 9.63 Å². The van der Waals surface area contributed by atoms with Gasteiger partial charge in [-0.2, -0.15) is 5.06 Å². The highest BCUT2D eigenvalue weighted by atomic mass is 32.2. The molecule has 0 bridgehead atoms. The van der Waals surface area contributed by atoms with Crippen LogP contribution >= 0.6 is 11.8 Å². The number of aldehydes is 1. The van der Waals surface area contributed by atoms with Crippen LogP contribution < -0.4 is 0 Å². The SMILES string of the molecule is CC(=O)SCC(=O)ON(C)C(=O)CCC=O. The Bertz CT molecular complexity index is 292. The fourth-order valence-electron chi connectivity index (χ4n) is 0.730. The third-order valence-electron chi connectivity index (χ3n) is 1.46. The van der Waals surface area contributed by atoms with Crippen LogP contribution in [0, 0.1) is 0 Å². The first-order valence-electron chi connectivity index (χ1n) is 4.51. The molecule has 90 valence electrons. The van der Waals surface area contributed by atoms with Crippen molar-refractivity contribution in [2.24, 2.45) is 0 Å². The number of nitrogens with zero attached hydrogens (tertiary/aromatic N) is 1. The van der Waals surface area contributed by atoms with E-state index >= 15 is 0 Å². The highest BCUT2D eigenvalue weighted by Gasteiger charge is 2.14. The first-order valence-corrected chi connectivity index (χ1v) is 5.50. The predicted octanol–water partition coefficient (Wildman–Crippen LogP) is 0.162. The van der Waals surface area contributed by atoms with E-state index in [2.05, 4.69) is 4.84 Å². The molecule has 0 aliphatic heterocycles. The minimum Gasteiger partial charge on any atom is -0.337 e. The largest absolute Gasteiger partial charge is 0.342 e. The molecule has 0 rings (SSSR count). The van der Waals surface area contributed by atoms with E-state index in [-0.39, 0.29) is 23.7 Å². The van der Waals surface area contributed by atoms with Crippen molar-refractivity contribution in [2.45, 2.75) is 19.8 Å². The average Bonchev–Trinajstić information content (AvgIpc) is 2.22. The van der Waals surface area contributed by atoms with Crippen LogP contribution in [-0.2, 0) is 24.0 Å². The second-order valence-electron chi connectivity index (χ2n) is 2.84. The lowest BCUT2D eigenvalue weighted by Crippen LogP contribution is -2.30. The van der Waals surface area contributed by atoms with Gasteiger partial charge in [0.05, 0.1) is 0 Å². The van der Waals surface area contributed by atoms with E-state index in [4.69, 9.17) is 0 Å². The Morgan fingerprint density at radius 3 is 2.50 bits per heavy atom. The Morgan fingerprint density at radius 1 is 1.38 bits per heavy atom. The Hall–Kier alpha value is -1.37. The monoisotopic (exact) mass is 247 g/mol. The zero-order valence-electron chi connectivity index (χ0n) is 9.10. The Kier molecular flexibility index (Phi) is 7.19. The molecule has 0 aliphatic rings. The molecule has 0 radical (unpaired) electrons. The summed E-state index contributed by atoms with van der Waals surface area (Å²) in [6, 6.07) is 0. The Labute approximate surface area is 97.3 Å². The number of hydrogen-bond acceptors (Lipinski definition) is 6. The van der Waals surface area contributed by atoms with Crippen LogP contribution in [0.2, 0.25) is 0 Å². The van der Waals surface area contributed by atoms with Crippen LogP contribution in [0.1, 0.15) is 19.8 Å². The minimum absolute atomic E-state index is 0.00681. The molecule has 16 heavy (non-hydrogen) atoms. The molecule has 1 amide bonds. The quantitative estimate of drug-likeness (QED) is 0.508. The number of amides is 1. The van der Waals surface area contributed by atoms with Gasteiger partial charge in [-0.05, 0) is 0 Å². The first kappa shape index (κ1) is 14.6. The van der Waals surface area contributed by atoms with E-state index in [1.165, 1.54) is 14.0 Å². The van der Waals surface area contributed by atoms with E-state index in [1.54, 1.807) is 0 Å². The van der Waals surface area contributed by atoms with Gasteiger partial charge in [-0.15, -0.1) is 0 Å². The smallest absolute Gasteiger partial charge is 0.337 e. The molecule has 0 aromatic rings. The molecule has 0 saturated heterocycles. The van der Waals surface area contributed by atoms with Crippen LogP contribution in [0.15, 0.2) is 0 Å². The molecule has 0 spiro atoms. The summed E-state index contributed by atoms with van der Waals surface area (Å²) in [7, 11) is 1.28. The molecular formula is C9H13NO5S. The van der Waals surface area contributed by atoms with Crippen molar-refractivity contribution in [3.63, 3.8) is 0 Å². The molecule has 0 N–H and O–H groups in total. The maximum absolute atomic E-state index is 11.2. The normalized spacial score (nSPS) is 9.38. The molecule has 6 nitrogen and oxygen atoms in total. The summed E-state index contributed by atoms with van der Waals surface area (Å²) in [5.74, 6) is -1.28. The number of rotatable bonds is 5. The summed E-state index contributed by atoms with van der Waals surface area (Å²) in [4.78, 5) is 47.4. The highest BCUT2D eigenvalue weighted by Crippen LogP contribution is 2.03. The van der Waals surface area contributed by atoms with Crippen molar-refractivity contribution in [1.29, 1.82) is 0 Å². The lowest BCUT2D eigenvalue weighted by atomic mass is 10.3. The van der Waals surface area contributed by atoms with Crippen molar-refractivity contribution in [3.05, 3.63) is 0 Å². The van der Waals surface area contributed by atoms with E-state index in [1.807, 2.05) is 0 Å². The number of hydrogen-bond donors (Lipinski definition) is 0. The number of hydroxylamine groups is 2. The maximum atomic E-state index is 11.2. The van der Waals surface area contributed by atoms with Gasteiger partial charge >= 0.3 is 5.97 Å². The van der Waals surface area contributed by atoms with Crippen LogP contribution in [0.25, 0.3) is 0 Å². The molecule has 0 aromatic heterocycles.